The Hall–Kier alpha value is -1.83. The summed E-state index contributed by atoms with van der Waals surface area (Å²) in [6.45, 7) is 1.43. The molecule has 0 radical (unpaired) electrons. The zero-order chi connectivity index (χ0) is 13.8. The predicted molar refractivity (Wildman–Crippen MR) is 81.8 cm³/mol. The molecule has 0 atom stereocenters. The van der Waals surface area contributed by atoms with E-state index in [1.54, 1.807) is 0 Å². The van der Waals surface area contributed by atoms with E-state index in [9.17, 15) is 4.79 Å². The second kappa shape index (κ2) is 6.08. The standard InChI is InChI=1S/C17H15NOSe/c19-17-16(20-15-9-5-2-6-10-15)11-12-18(17)13-14-7-3-1-4-8-14/h1-11H,12-13H2. The number of carbonyl (C=O) groups excluding carboxylic acids is 1. The van der Waals surface area contributed by atoms with Crippen molar-refractivity contribution in [3.05, 3.63) is 76.8 Å². The summed E-state index contributed by atoms with van der Waals surface area (Å²) in [6.07, 6.45) is 2.08. The van der Waals surface area contributed by atoms with Crippen molar-refractivity contribution in [1.82, 2.24) is 4.90 Å². The average Bonchev–Trinajstić information content (AvgIpc) is 2.83. The number of carbonyl (C=O) groups is 1. The number of hydrogen-bond acceptors (Lipinski definition) is 1. The van der Waals surface area contributed by atoms with Gasteiger partial charge in [-0.1, -0.05) is 0 Å². The first-order chi connectivity index (χ1) is 9.83. The zero-order valence-electron chi connectivity index (χ0n) is 11.0. The van der Waals surface area contributed by atoms with E-state index in [-0.39, 0.29) is 20.9 Å². The Kier molecular flexibility index (Phi) is 4.00. The summed E-state index contributed by atoms with van der Waals surface area (Å²) in [7, 11) is 0. The summed E-state index contributed by atoms with van der Waals surface area (Å²) in [5.74, 6) is 0.192. The monoisotopic (exact) mass is 329 g/mol. The first-order valence-electron chi connectivity index (χ1n) is 6.59. The second-order valence-corrected chi connectivity index (χ2v) is 6.99. The Morgan fingerprint density at radius 1 is 0.950 bits per heavy atom. The molecule has 0 fully saturated rings. The van der Waals surface area contributed by atoms with Crippen LogP contribution in [0.25, 0.3) is 0 Å². The fourth-order valence-electron chi connectivity index (χ4n) is 2.16. The predicted octanol–water partition coefficient (Wildman–Crippen LogP) is 1.94. The van der Waals surface area contributed by atoms with Crippen molar-refractivity contribution < 1.29 is 4.79 Å². The van der Waals surface area contributed by atoms with Crippen molar-refractivity contribution >= 4 is 25.3 Å². The van der Waals surface area contributed by atoms with Gasteiger partial charge in [0.1, 0.15) is 0 Å². The van der Waals surface area contributed by atoms with Gasteiger partial charge in [0.15, 0.2) is 0 Å². The molecular formula is C17H15NOSe. The molecule has 2 nitrogen and oxygen atoms in total. The summed E-state index contributed by atoms with van der Waals surface area (Å²) < 4.78 is 2.22. The summed E-state index contributed by atoms with van der Waals surface area (Å²) >= 11 is 0.115. The van der Waals surface area contributed by atoms with Crippen molar-refractivity contribution in [3.63, 3.8) is 0 Å². The first-order valence-corrected chi connectivity index (χ1v) is 8.30. The molecule has 0 spiro atoms. The molecule has 0 N–H and O–H groups in total. The van der Waals surface area contributed by atoms with Gasteiger partial charge in [0.05, 0.1) is 0 Å². The Morgan fingerprint density at radius 3 is 2.30 bits per heavy atom. The Labute approximate surface area is 125 Å². The Morgan fingerprint density at radius 2 is 1.60 bits per heavy atom. The quantitative estimate of drug-likeness (QED) is 0.786. The van der Waals surface area contributed by atoms with Crippen molar-refractivity contribution in [2.75, 3.05) is 6.54 Å². The minimum absolute atomic E-state index is 0.115. The number of rotatable bonds is 4. The summed E-state index contributed by atoms with van der Waals surface area (Å²) in [5, 5.41) is 0. The van der Waals surface area contributed by atoms with Crippen LogP contribution in [0.3, 0.4) is 0 Å². The van der Waals surface area contributed by atoms with Gasteiger partial charge in [0.2, 0.25) is 0 Å². The fraction of sp³-hybridized carbons (Fsp3) is 0.118. The van der Waals surface area contributed by atoms with Crippen LogP contribution in [0.2, 0.25) is 0 Å². The van der Waals surface area contributed by atoms with Gasteiger partial charge in [-0.3, -0.25) is 0 Å². The maximum absolute atomic E-state index is 12.4. The molecule has 1 aliphatic rings. The van der Waals surface area contributed by atoms with Crippen molar-refractivity contribution in [2.24, 2.45) is 0 Å². The van der Waals surface area contributed by atoms with Crippen LogP contribution in [0.1, 0.15) is 5.56 Å². The van der Waals surface area contributed by atoms with Gasteiger partial charge in [-0.15, -0.1) is 0 Å². The van der Waals surface area contributed by atoms with Crippen LogP contribution in [-0.2, 0) is 11.3 Å². The normalized spacial score (nSPS) is 14.5. The molecule has 0 unspecified atom stereocenters. The molecule has 1 amide bonds. The molecule has 0 aliphatic carbocycles. The van der Waals surface area contributed by atoms with Crippen molar-refractivity contribution in [2.45, 2.75) is 6.54 Å². The number of nitrogens with zero attached hydrogens (tertiary/aromatic N) is 1. The van der Waals surface area contributed by atoms with E-state index in [1.165, 1.54) is 10.0 Å². The second-order valence-electron chi connectivity index (χ2n) is 4.65. The maximum atomic E-state index is 12.4. The van der Waals surface area contributed by atoms with Gasteiger partial charge >= 0.3 is 125 Å². The van der Waals surface area contributed by atoms with E-state index in [4.69, 9.17) is 0 Å². The van der Waals surface area contributed by atoms with Crippen LogP contribution in [0.15, 0.2) is 71.2 Å². The van der Waals surface area contributed by atoms with Gasteiger partial charge in [-0.05, 0) is 0 Å². The van der Waals surface area contributed by atoms with Crippen molar-refractivity contribution in [1.29, 1.82) is 0 Å². The average molecular weight is 328 g/mol. The molecule has 2 aromatic carbocycles. The molecular weight excluding hydrogens is 313 g/mol. The molecule has 0 bridgehead atoms. The molecule has 0 aromatic heterocycles. The Balaban J connectivity index is 1.65. The number of benzene rings is 2. The van der Waals surface area contributed by atoms with E-state index in [0.29, 0.717) is 6.54 Å². The van der Waals surface area contributed by atoms with Crippen LogP contribution < -0.4 is 4.46 Å². The van der Waals surface area contributed by atoms with Crippen LogP contribution in [0, 0.1) is 0 Å². The van der Waals surface area contributed by atoms with Gasteiger partial charge in [0, 0.05) is 0 Å². The number of amides is 1. The van der Waals surface area contributed by atoms with E-state index in [0.717, 1.165) is 11.0 Å². The fourth-order valence-corrected chi connectivity index (χ4v) is 4.09. The summed E-state index contributed by atoms with van der Waals surface area (Å²) in [6, 6.07) is 20.4. The number of hydrogen-bond donors (Lipinski definition) is 0. The third-order valence-corrected chi connectivity index (χ3v) is 5.43. The molecule has 2 aromatic rings. The van der Waals surface area contributed by atoms with E-state index < -0.39 is 0 Å². The molecule has 20 heavy (non-hydrogen) atoms. The van der Waals surface area contributed by atoms with E-state index in [1.807, 2.05) is 41.3 Å². The Bertz CT molecular complexity index is 622. The van der Waals surface area contributed by atoms with Gasteiger partial charge < -0.3 is 0 Å². The zero-order valence-corrected chi connectivity index (χ0v) is 12.7. The molecule has 1 heterocycles. The van der Waals surface area contributed by atoms with Crippen LogP contribution >= 0.6 is 0 Å². The third kappa shape index (κ3) is 3.01. The molecule has 3 heteroatoms. The molecule has 0 saturated heterocycles. The SMILES string of the molecule is O=C1C([Se]c2ccccc2)=CCN1Cc1ccccc1. The summed E-state index contributed by atoms with van der Waals surface area (Å²) in [4.78, 5) is 14.3. The molecule has 1 aliphatic heterocycles. The first kappa shape index (κ1) is 13.2. The molecule has 0 saturated carbocycles. The van der Waals surface area contributed by atoms with Gasteiger partial charge in [-0.25, -0.2) is 0 Å². The van der Waals surface area contributed by atoms with Gasteiger partial charge in [-0.2, -0.15) is 0 Å². The van der Waals surface area contributed by atoms with Crippen molar-refractivity contribution in [3.8, 4) is 0 Å². The van der Waals surface area contributed by atoms with Crippen LogP contribution in [0.4, 0.5) is 0 Å². The minimum atomic E-state index is 0.115. The van der Waals surface area contributed by atoms with Crippen LogP contribution in [0.5, 0.6) is 0 Å². The topological polar surface area (TPSA) is 20.3 Å². The molecule has 100 valence electrons. The van der Waals surface area contributed by atoms with E-state index in [2.05, 4.69) is 30.3 Å². The third-order valence-electron chi connectivity index (χ3n) is 3.18. The summed E-state index contributed by atoms with van der Waals surface area (Å²) in [5.41, 5.74) is 1.18. The van der Waals surface area contributed by atoms with Gasteiger partial charge in [0.25, 0.3) is 0 Å². The van der Waals surface area contributed by atoms with Crippen LogP contribution in [-0.4, -0.2) is 32.3 Å². The van der Waals surface area contributed by atoms with E-state index >= 15 is 0 Å². The molecule has 3 rings (SSSR count).